The largest absolute Gasteiger partial charge is 0.381 e. The average molecular weight is 237 g/mol. The van der Waals surface area contributed by atoms with E-state index in [4.69, 9.17) is 17.3 Å². The molecule has 1 aromatic heterocycles. The third-order valence-corrected chi connectivity index (χ3v) is 2.45. The Morgan fingerprint density at radius 1 is 1.44 bits per heavy atom. The molecule has 16 heavy (non-hydrogen) atoms. The van der Waals surface area contributed by atoms with E-state index < -0.39 is 0 Å². The highest BCUT2D eigenvalue weighted by atomic mass is 35.5. The molecule has 0 bridgehead atoms. The molecule has 5 heteroatoms. The Morgan fingerprint density at radius 2 is 2.31 bits per heavy atom. The maximum Gasteiger partial charge on any atom is 0.0882 e. The van der Waals surface area contributed by atoms with Gasteiger partial charge in [0.15, 0.2) is 0 Å². The third kappa shape index (κ3) is 2.35. The van der Waals surface area contributed by atoms with E-state index in [0.717, 1.165) is 16.9 Å². The van der Waals surface area contributed by atoms with Gasteiger partial charge in [0.1, 0.15) is 0 Å². The van der Waals surface area contributed by atoms with Crippen LogP contribution in [0.5, 0.6) is 0 Å². The lowest BCUT2D eigenvalue weighted by molar-refractivity contribution is 1.03. The number of H-pyrrole nitrogens is 1. The van der Waals surface area contributed by atoms with Crippen molar-refractivity contribution >= 4 is 17.3 Å². The lowest BCUT2D eigenvalue weighted by atomic mass is 10.1. The van der Waals surface area contributed by atoms with Crippen LogP contribution in [0.3, 0.4) is 0 Å². The van der Waals surface area contributed by atoms with E-state index in [-0.39, 0.29) is 0 Å². The lowest BCUT2D eigenvalue weighted by Crippen LogP contribution is -2.13. The first-order valence-electron chi connectivity index (χ1n) is 5.04. The Hall–Kier alpha value is -1.52. The van der Waals surface area contributed by atoms with Crippen LogP contribution in [-0.2, 0) is 0 Å². The predicted octanol–water partition coefficient (Wildman–Crippen LogP) is 2.10. The minimum atomic E-state index is 0.583. The standard InChI is InChI=1S/C11H13ClN4/c12-9-3-1-2-8(6-9)11-10(7-15-16-11)14-5-4-13/h1-3,6-7,14H,4-5,13H2,(H,15,16). The molecule has 0 saturated heterocycles. The maximum absolute atomic E-state index is 5.94. The average Bonchev–Trinajstić information content (AvgIpc) is 2.74. The van der Waals surface area contributed by atoms with Gasteiger partial charge < -0.3 is 11.1 Å². The highest BCUT2D eigenvalue weighted by Gasteiger charge is 2.06. The van der Waals surface area contributed by atoms with Gasteiger partial charge in [-0.3, -0.25) is 5.10 Å². The number of nitrogens with zero attached hydrogens (tertiary/aromatic N) is 1. The van der Waals surface area contributed by atoms with Gasteiger partial charge in [-0.05, 0) is 12.1 Å². The summed E-state index contributed by atoms with van der Waals surface area (Å²) in [6.45, 7) is 1.30. The summed E-state index contributed by atoms with van der Waals surface area (Å²) in [7, 11) is 0. The fourth-order valence-electron chi connectivity index (χ4n) is 1.49. The zero-order valence-corrected chi connectivity index (χ0v) is 9.46. The van der Waals surface area contributed by atoms with Crippen molar-refractivity contribution in [3.63, 3.8) is 0 Å². The molecule has 0 aliphatic carbocycles. The Kier molecular flexibility index (Phi) is 3.44. The van der Waals surface area contributed by atoms with Crippen molar-refractivity contribution in [2.24, 2.45) is 5.73 Å². The van der Waals surface area contributed by atoms with Gasteiger partial charge in [-0.15, -0.1) is 0 Å². The molecule has 0 spiro atoms. The highest BCUT2D eigenvalue weighted by Crippen LogP contribution is 2.26. The quantitative estimate of drug-likeness (QED) is 0.762. The van der Waals surface area contributed by atoms with Gasteiger partial charge in [-0.25, -0.2) is 0 Å². The van der Waals surface area contributed by atoms with Gasteiger partial charge >= 0.3 is 0 Å². The summed E-state index contributed by atoms with van der Waals surface area (Å²) in [6.07, 6.45) is 1.74. The summed E-state index contributed by atoms with van der Waals surface area (Å²) in [5.41, 5.74) is 8.31. The Bertz CT molecular complexity index is 467. The topological polar surface area (TPSA) is 66.7 Å². The van der Waals surface area contributed by atoms with E-state index >= 15 is 0 Å². The fraction of sp³-hybridized carbons (Fsp3) is 0.182. The number of benzene rings is 1. The first kappa shape index (κ1) is 11.0. The molecule has 84 valence electrons. The molecular formula is C11H13ClN4. The molecule has 0 saturated carbocycles. The second-order valence-corrected chi connectivity index (χ2v) is 3.82. The number of aromatic nitrogens is 2. The summed E-state index contributed by atoms with van der Waals surface area (Å²) in [6, 6.07) is 7.62. The van der Waals surface area contributed by atoms with Crippen LogP contribution >= 0.6 is 11.6 Å². The minimum absolute atomic E-state index is 0.583. The molecule has 0 fully saturated rings. The third-order valence-electron chi connectivity index (χ3n) is 2.21. The van der Waals surface area contributed by atoms with Crippen molar-refractivity contribution in [3.05, 3.63) is 35.5 Å². The maximum atomic E-state index is 5.94. The number of aromatic amines is 1. The number of hydrogen-bond donors (Lipinski definition) is 3. The van der Waals surface area contributed by atoms with Crippen LogP contribution in [0.15, 0.2) is 30.5 Å². The van der Waals surface area contributed by atoms with E-state index in [2.05, 4.69) is 15.5 Å². The van der Waals surface area contributed by atoms with Crippen molar-refractivity contribution in [2.45, 2.75) is 0 Å². The predicted molar refractivity (Wildman–Crippen MR) is 66.6 cm³/mol. The van der Waals surface area contributed by atoms with E-state index in [1.165, 1.54) is 0 Å². The molecule has 4 N–H and O–H groups in total. The first-order valence-corrected chi connectivity index (χ1v) is 5.42. The van der Waals surface area contributed by atoms with Crippen LogP contribution in [0.4, 0.5) is 5.69 Å². The Balaban J connectivity index is 2.29. The van der Waals surface area contributed by atoms with Crippen molar-refractivity contribution in [1.29, 1.82) is 0 Å². The summed E-state index contributed by atoms with van der Waals surface area (Å²) >= 11 is 5.94. The molecule has 1 heterocycles. The van der Waals surface area contributed by atoms with Gasteiger partial charge in [-0.2, -0.15) is 5.10 Å². The molecule has 4 nitrogen and oxygen atoms in total. The number of nitrogens with two attached hydrogens (primary N) is 1. The van der Waals surface area contributed by atoms with E-state index in [1.54, 1.807) is 6.20 Å². The monoisotopic (exact) mass is 236 g/mol. The van der Waals surface area contributed by atoms with Gasteiger partial charge in [0.05, 0.1) is 17.6 Å². The summed E-state index contributed by atoms with van der Waals surface area (Å²) in [5, 5.41) is 10.9. The van der Waals surface area contributed by atoms with Crippen LogP contribution in [-0.4, -0.2) is 23.3 Å². The molecule has 0 aliphatic rings. The van der Waals surface area contributed by atoms with E-state index in [9.17, 15) is 0 Å². The number of hydrogen-bond acceptors (Lipinski definition) is 3. The normalized spacial score (nSPS) is 10.4. The molecule has 0 atom stereocenters. The zero-order chi connectivity index (χ0) is 11.4. The van der Waals surface area contributed by atoms with Gasteiger partial charge in [-0.1, -0.05) is 23.7 Å². The number of anilines is 1. The number of rotatable bonds is 4. The SMILES string of the molecule is NCCNc1cn[nH]c1-c1cccc(Cl)c1. The van der Waals surface area contributed by atoms with Crippen LogP contribution in [0.25, 0.3) is 11.3 Å². The summed E-state index contributed by atoms with van der Waals surface area (Å²) in [5.74, 6) is 0. The fourth-order valence-corrected chi connectivity index (χ4v) is 1.68. The second-order valence-electron chi connectivity index (χ2n) is 3.38. The number of halogens is 1. The van der Waals surface area contributed by atoms with Crippen LogP contribution in [0.1, 0.15) is 0 Å². The van der Waals surface area contributed by atoms with Gasteiger partial charge in [0.2, 0.25) is 0 Å². The highest BCUT2D eigenvalue weighted by molar-refractivity contribution is 6.30. The van der Waals surface area contributed by atoms with Crippen LogP contribution < -0.4 is 11.1 Å². The van der Waals surface area contributed by atoms with E-state index in [1.807, 2.05) is 24.3 Å². The van der Waals surface area contributed by atoms with Gasteiger partial charge in [0.25, 0.3) is 0 Å². The van der Waals surface area contributed by atoms with Crippen LogP contribution in [0.2, 0.25) is 5.02 Å². The summed E-state index contributed by atoms with van der Waals surface area (Å²) in [4.78, 5) is 0. The lowest BCUT2D eigenvalue weighted by Gasteiger charge is -2.05. The number of nitrogens with one attached hydrogen (secondary N) is 2. The van der Waals surface area contributed by atoms with Crippen molar-refractivity contribution in [1.82, 2.24) is 10.2 Å². The zero-order valence-electron chi connectivity index (χ0n) is 8.70. The smallest absolute Gasteiger partial charge is 0.0882 e. The molecule has 0 amide bonds. The molecule has 1 aromatic carbocycles. The molecule has 0 aliphatic heterocycles. The van der Waals surface area contributed by atoms with Crippen LogP contribution in [0, 0.1) is 0 Å². The van der Waals surface area contributed by atoms with Gasteiger partial charge in [0, 0.05) is 23.7 Å². The van der Waals surface area contributed by atoms with Crippen molar-refractivity contribution in [2.75, 3.05) is 18.4 Å². The first-order chi connectivity index (χ1) is 7.81. The van der Waals surface area contributed by atoms with Crippen molar-refractivity contribution < 1.29 is 0 Å². The minimum Gasteiger partial charge on any atom is -0.381 e. The van der Waals surface area contributed by atoms with E-state index in [0.29, 0.717) is 18.1 Å². The Labute approximate surface area is 98.8 Å². The molecule has 2 rings (SSSR count). The summed E-state index contributed by atoms with van der Waals surface area (Å²) < 4.78 is 0. The van der Waals surface area contributed by atoms with Crippen molar-refractivity contribution in [3.8, 4) is 11.3 Å². The molecule has 0 radical (unpaired) electrons. The molecule has 2 aromatic rings. The molecule has 0 unspecified atom stereocenters. The molecular weight excluding hydrogens is 224 g/mol. The Morgan fingerprint density at radius 3 is 3.06 bits per heavy atom. The second kappa shape index (κ2) is 5.01.